The molecule has 3 N–H and O–H groups in total. The number of nitrogens with one attached hydrogen (secondary N) is 2. The number of likely N-dealkylation sites (tertiary alicyclic amines) is 1. The molecule has 0 aliphatic carbocycles. The average molecular weight is 445 g/mol. The summed E-state index contributed by atoms with van der Waals surface area (Å²) in [6, 6.07) is 7.46. The van der Waals surface area contributed by atoms with Crippen molar-refractivity contribution in [1.29, 1.82) is 0 Å². The number of hydrogen-bond donors (Lipinski definition) is 3. The minimum absolute atomic E-state index is 0.122. The van der Waals surface area contributed by atoms with E-state index in [0.717, 1.165) is 5.56 Å². The van der Waals surface area contributed by atoms with Crippen LogP contribution in [0.3, 0.4) is 0 Å². The molecule has 3 aliphatic rings. The molecule has 3 aliphatic heterocycles. The zero-order valence-electron chi connectivity index (χ0n) is 17.6. The molecule has 3 saturated heterocycles. The summed E-state index contributed by atoms with van der Waals surface area (Å²) in [4.78, 5) is 57.2. The van der Waals surface area contributed by atoms with Gasteiger partial charge < -0.3 is 20.2 Å². The molecular weight excluding hydrogens is 418 g/mol. The molecule has 1 aromatic carbocycles. The predicted octanol–water partition coefficient (Wildman–Crippen LogP) is 1.35. The summed E-state index contributed by atoms with van der Waals surface area (Å²) >= 11 is 0. The zero-order valence-corrected chi connectivity index (χ0v) is 17.6. The maximum absolute atomic E-state index is 12.8. The first-order valence-corrected chi connectivity index (χ1v) is 10.8. The predicted molar refractivity (Wildman–Crippen MR) is 111 cm³/mol. The molecule has 0 saturated carbocycles. The number of imide groups is 1. The van der Waals surface area contributed by atoms with Gasteiger partial charge in [0.05, 0.1) is 6.04 Å². The van der Waals surface area contributed by atoms with Crippen molar-refractivity contribution in [2.45, 2.75) is 50.4 Å². The minimum Gasteiger partial charge on any atom is -0.465 e. The van der Waals surface area contributed by atoms with Crippen LogP contribution in [0.1, 0.15) is 31.2 Å². The Hall–Kier alpha value is -3.34. The van der Waals surface area contributed by atoms with Crippen LogP contribution >= 0.6 is 0 Å². The number of carbonyl (C=O) groups is 4. The van der Waals surface area contributed by atoms with Crippen LogP contribution in [-0.4, -0.2) is 81.8 Å². The Morgan fingerprint density at radius 1 is 1.06 bits per heavy atom. The Morgan fingerprint density at radius 3 is 2.47 bits per heavy atom. The Labute approximate surface area is 185 Å². The summed E-state index contributed by atoms with van der Waals surface area (Å²) in [7, 11) is 0. The third kappa shape index (κ3) is 4.77. The van der Waals surface area contributed by atoms with Crippen molar-refractivity contribution in [3.05, 3.63) is 35.9 Å². The van der Waals surface area contributed by atoms with Crippen LogP contribution in [0.4, 0.5) is 14.4 Å². The molecule has 172 valence electrons. The van der Waals surface area contributed by atoms with E-state index in [-0.39, 0.29) is 24.7 Å². The van der Waals surface area contributed by atoms with Crippen LogP contribution in [0.25, 0.3) is 0 Å². The van der Waals surface area contributed by atoms with E-state index in [4.69, 9.17) is 9.94 Å². The first-order valence-electron chi connectivity index (χ1n) is 10.8. The Bertz CT molecular complexity index is 873. The quantitative estimate of drug-likeness (QED) is 0.627. The number of fused-ring (bicyclic) bond motifs is 2. The summed E-state index contributed by atoms with van der Waals surface area (Å²) in [6.07, 6.45) is 1.03. The summed E-state index contributed by atoms with van der Waals surface area (Å²) in [5.41, 5.74) is 0.942. The van der Waals surface area contributed by atoms with E-state index in [0.29, 0.717) is 45.3 Å². The van der Waals surface area contributed by atoms with Crippen molar-refractivity contribution < 1.29 is 29.1 Å². The van der Waals surface area contributed by atoms with Crippen molar-refractivity contribution in [1.82, 2.24) is 25.5 Å². The number of benzene rings is 1. The third-order valence-electron chi connectivity index (χ3n) is 6.18. The van der Waals surface area contributed by atoms with Crippen LogP contribution in [0.5, 0.6) is 0 Å². The van der Waals surface area contributed by atoms with Gasteiger partial charge in [-0.05, 0) is 31.2 Å². The summed E-state index contributed by atoms with van der Waals surface area (Å²) in [5, 5.41) is 15.4. The smallest absolute Gasteiger partial charge is 0.407 e. The van der Waals surface area contributed by atoms with E-state index in [1.165, 1.54) is 14.9 Å². The van der Waals surface area contributed by atoms with Crippen LogP contribution in [-0.2, 0) is 16.2 Å². The maximum atomic E-state index is 12.8. The fraction of sp³-hybridized carbons (Fsp3) is 0.524. The van der Waals surface area contributed by atoms with Crippen molar-refractivity contribution in [2.75, 3.05) is 19.6 Å². The van der Waals surface area contributed by atoms with Gasteiger partial charge >= 0.3 is 18.2 Å². The van der Waals surface area contributed by atoms with E-state index in [2.05, 4.69) is 10.6 Å². The van der Waals surface area contributed by atoms with Gasteiger partial charge in [-0.1, -0.05) is 30.3 Å². The van der Waals surface area contributed by atoms with E-state index in [1.807, 2.05) is 30.3 Å². The lowest BCUT2D eigenvalue weighted by atomic mass is 10.0. The van der Waals surface area contributed by atoms with Gasteiger partial charge in [-0.15, -0.1) is 0 Å². The lowest BCUT2D eigenvalue weighted by Gasteiger charge is -2.31. The number of rotatable bonds is 5. The number of nitrogens with zero attached hydrogens (tertiary/aromatic N) is 3. The highest BCUT2D eigenvalue weighted by Crippen LogP contribution is 2.30. The van der Waals surface area contributed by atoms with Crippen LogP contribution in [0, 0.1) is 0 Å². The number of amides is 6. The molecule has 32 heavy (non-hydrogen) atoms. The normalized spacial score (nSPS) is 23.2. The van der Waals surface area contributed by atoms with Crippen molar-refractivity contribution in [3.8, 4) is 0 Å². The Balaban J connectivity index is 1.26. The first-order chi connectivity index (χ1) is 15.4. The van der Waals surface area contributed by atoms with E-state index in [9.17, 15) is 19.2 Å². The topological polar surface area (TPSA) is 132 Å². The lowest BCUT2D eigenvalue weighted by molar-refractivity contribution is -0.140. The molecular formula is C21H27N5O6. The number of hydrogen-bond acceptors (Lipinski definition) is 5. The van der Waals surface area contributed by atoms with Gasteiger partial charge in [-0.3, -0.25) is 14.9 Å². The molecule has 2 bridgehead atoms. The van der Waals surface area contributed by atoms with Gasteiger partial charge in [0.25, 0.3) is 5.91 Å². The molecule has 11 nitrogen and oxygen atoms in total. The molecule has 0 radical (unpaired) electrons. The van der Waals surface area contributed by atoms with Crippen LogP contribution < -0.4 is 10.6 Å². The summed E-state index contributed by atoms with van der Waals surface area (Å²) in [6.45, 7) is 1.30. The van der Waals surface area contributed by atoms with Gasteiger partial charge in [0.1, 0.15) is 12.6 Å². The fourth-order valence-corrected chi connectivity index (χ4v) is 4.42. The average Bonchev–Trinajstić information content (AvgIpc) is 3.02. The highest BCUT2D eigenvalue weighted by atomic mass is 16.7. The molecule has 2 atom stereocenters. The molecule has 1 aromatic rings. The SMILES string of the molecule is O=C(NC(=O)[C@@H]1CC[C@@H]2CN1C(=O)N2OCc1ccccc1)NC1CCN(C(=O)O)CC1. The Morgan fingerprint density at radius 2 is 1.78 bits per heavy atom. The van der Waals surface area contributed by atoms with Gasteiger partial charge in [-0.25, -0.2) is 14.4 Å². The van der Waals surface area contributed by atoms with Crippen molar-refractivity contribution in [3.63, 3.8) is 0 Å². The molecule has 11 heteroatoms. The standard InChI is InChI=1S/C21H27N5O6/c27-18(23-19(28)22-15-8-10-24(11-9-15)21(30)31)17-7-6-16-12-25(17)20(29)26(16)32-13-14-4-2-1-3-5-14/h1-5,15-17H,6-13H2,(H,30,31)(H2,22,23,27,28)/t16-,17+/m1/s1. The number of carboxylic acid groups (broad SMARTS) is 1. The Kier molecular flexibility index (Phi) is 6.45. The second-order valence-electron chi connectivity index (χ2n) is 8.27. The van der Waals surface area contributed by atoms with Gasteiger partial charge in [0, 0.05) is 25.7 Å². The highest BCUT2D eigenvalue weighted by Gasteiger charge is 2.48. The highest BCUT2D eigenvalue weighted by molar-refractivity contribution is 5.99. The molecule has 3 heterocycles. The van der Waals surface area contributed by atoms with Crippen LogP contribution in [0.15, 0.2) is 30.3 Å². The van der Waals surface area contributed by atoms with Gasteiger partial charge in [0.2, 0.25) is 0 Å². The number of urea groups is 2. The monoisotopic (exact) mass is 445 g/mol. The largest absolute Gasteiger partial charge is 0.465 e. The second-order valence-corrected chi connectivity index (χ2v) is 8.27. The minimum atomic E-state index is -0.976. The van der Waals surface area contributed by atoms with Crippen LogP contribution in [0.2, 0.25) is 0 Å². The molecule has 0 unspecified atom stereocenters. The molecule has 3 fully saturated rings. The van der Waals surface area contributed by atoms with E-state index >= 15 is 0 Å². The zero-order chi connectivity index (χ0) is 22.7. The summed E-state index contributed by atoms with van der Waals surface area (Å²) < 4.78 is 0. The fourth-order valence-electron chi connectivity index (χ4n) is 4.42. The number of carbonyl (C=O) groups excluding carboxylic acids is 3. The molecule has 4 rings (SSSR count). The lowest BCUT2D eigenvalue weighted by Crippen LogP contribution is -2.55. The molecule has 0 aromatic heterocycles. The number of piperidine rings is 2. The van der Waals surface area contributed by atoms with E-state index < -0.39 is 24.1 Å². The van der Waals surface area contributed by atoms with Crippen molar-refractivity contribution in [2.24, 2.45) is 0 Å². The van der Waals surface area contributed by atoms with Gasteiger partial charge in [0.15, 0.2) is 0 Å². The first kappa shape index (κ1) is 21.9. The number of hydroxylamine groups is 2. The maximum Gasteiger partial charge on any atom is 0.407 e. The molecule has 6 amide bonds. The summed E-state index contributed by atoms with van der Waals surface area (Å²) in [5.74, 6) is -0.526. The molecule has 0 spiro atoms. The van der Waals surface area contributed by atoms with Crippen molar-refractivity contribution >= 4 is 24.1 Å². The van der Waals surface area contributed by atoms with Gasteiger partial charge in [-0.2, -0.15) is 5.06 Å². The van der Waals surface area contributed by atoms with E-state index in [1.54, 1.807) is 0 Å². The second kappa shape index (κ2) is 9.43. The third-order valence-corrected chi connectivity index (χ3v) is 6.18.